The monoisotopic (exact) mass is 427 g/mol. The lowest BCUT2D eigenvalue weighted by molar-refractivity contribution is -0.116. The number of hydrogen-bond acceptors (Lipinski definition) is 4. The summed E-state index contributed by atoms with van der Waals surface area (Å²) in [5.41, 5.74) is 3.88. The van der Waals surface area contributed by atoms with Gasteiger partial charge in [-0.3, -0.25) is 9.20 Å². The maximum absolute atomic E-state index is 12.6. The highest BCUT2D eigenvalue weighted by atomic mass is 32.1. The molecule has 5 aromatic rings. The maximum atomic E-state index is 12.6. The van der Waals surface area contributed by atoms with Crippen LogP contribution in [0.3, 0.4) is 0 Å². The maximum Gasteiger partial charge on any atom is 0.224 e. The molecule has 2 aromatic heterocycles. The van der Waals surface area contributed by atoms with E-state index in [0.717, 1.165) is 44.1 Å². The Morgan fingerprint density at radius 2 is 1.87 bits per heavy atom. The lowest BCUT2D eigenvalue weighted by Crippen LogP contribution is -2.13. The van der Waals surface area contributed by atoms with Gasteiger partial charge in [-0.25, -0.2) is 4.98 Å². The number of methoxy groups -OCH3 is 1. The van der Waals surface area contributed by atoms with Crippen LogP contribution >= 0.6 is 11.3 Å². The zero-order chi connectivity index (χ0) is 21.2. The third-order valence-electron chi connectivity index (χ3n) is 5.34. The standard InChI is InChI=1S/C25H21N3O2S/c1-30-20-12-9-18(10-13-20)23-15-28-19(16-31-25(28)27-23)11-14-24(29)26-22-8-4-6-17-5-2-3-7-21(17)22/h2-10,12-13,15-16H,11,14H2,1H3,(H,26,29). The van der Waals surface area contributed by atoms with Gasteiger partial charge in [0.25, 0.3) is 0 Å². The van der Waals surface area contributed by atoms with Crippen LogP contribution in [0.4, 0.5) is 5.69 Å². The number of thiazole rings is 1. The molecule has 0 aliphatic rings. The number of rotatable bonds is 6. The van der Waals surface area contributed by atoms with E-state index in [1.54, 1.807) is 18.4 Å². The van der Waals surface area contributed by atoms with Gasteiger partial charge in [-0.2, -0.15) is 0 Å². The van der Waals surface area contributed by atoms with E-state index in [1.165, 1.54) is 0 Å². The molecule has 2 heterocycles. The fourth-order valence-electron chi connectivity index (χ4n) is 3.70. The fourth-order valence-corrected chi connectivity index (χ4v) is 4.61. The van der Waals surface area contributed by atoms with Gasteiger partial charge in [0, 0.05) is 40.3 Å². The number of imidazole rings is 1. The number of amides is 1. The van der Waals surface area contributed by atoms with Crippen molar-refractivity contribution in [3.63, 3.8) is 0 Å². The lowest BCUT2D eigenvalue weighted by atomic mass is 10.1. The van der Waals surface area contributed by atoms with E-state index in [2.05, 4.69) is 15.1 Å². The molecule has 0 spiro atoms. The molecule has 154 valence electrons. The number of aromatic nitrogens is 2. The number of fused-ring (bicyclic) bond motifs is 2. The second-order valence-corrected chi connectivity index (χ2v) is 8.15. The smallest absolute Gasteiger partial charge is 0.224 e. The van der Waals surface area contributed by atoms with Gasteiger partial charge in [-0.05, 0) is 42.1 Å². The Morgan fingerprint density at radius 3 is 2.71 bits per heavy atom. The largest absolute Gasteiger partial charge is 0.497 e. The first-order valence-corrected chi connectivity index (χ1v) is 11.0. The molecule has 0 radical (unpaired) electrons. The van der Waals surface area contributed by atoms with E-state index in [4.69, 9.17) is 9.72 Å². The molecule has 0 unspecified atom stereocenters. The van der Waals surface area contributed by atoms with Crippen LogP contribution < -0.4 is 10.1 Å². The van der Waals surface area contributed by atoms with Crippen molar-refractivity contribution in [1.82, 2.24) is 9.38 Å². The van der Waals surface area contributed by atoms with Crippen molar-refractivity contribution >= 4 is 38.7 Å². The SMILES string of the molecule is COc1ccc(-c2cn3c(CCC(=O)Nc4cccc5ccccc45)csc3n2)cc1. The minimum absolute atomic E-state index is 0.00574. The Bertz CT molecular complexity index is 1360. The van der Waals surface area contributed by atoms with E-state index in [0.29, 0.717) is 12.8 Å². The summed E-state index contributed by atoms with van der Waals surface area (Å²) in [5, 5.41) is 7.31. The van der Waals surface area contributed by atoms with E-state index in [1.807, 2.05) is 72.9 Å². The summed E-state index contributed by atoms with van der Waals surface area (Å²) in [5.74, 6) is 0.828. The molecule has 0 aliphatic heterocycles. The van der Waals surface area contributed by atoms with Crippen molar-refractivity contribution in [2.75, 3.05) is 12.4 Å². The summed E-state index contributed by atoms with van der Waals surface area (Å²) in [7, 11) is 1.66. The number of ether oxygens (including phenoxy) is 1. The third-order valence-corrected chi connectivity index (χ3v) is 6.23. The second kappa shape index (κ2) is 8.24. The molecule has 5 nitrogen and oxygen atoms in total. The van der Waals surface area contributed by atoms with E-state index in [9.17, 15) is 4.79 Å². The number of anilines is 1. The van der Waals surface area contributed by atoms with Crippen LogP contribution in [0.25, 0.3) is 27.0 Å². The Balaban J connectivity index is 1.30. The first-order valence-electron chi connectivity index (χ1n) is 10.1. The number of aryl methyl sites for hydroxylation is 1. The molecule has 6 heteroatoms. The van der Waals surface area contributed by atoms with Crippen LogP contribution in [-0.4, -0.2) is 22.4 Å². The van der Waals surface area contributed by atoms with Crippen molar-refractivity contribution in [3.05, 3.63) is 84.0 Å². The Labute approximate surface area is 183 Å². The summed E-state index contributed by atoms with van der Waals surface area (Å²) in [4.78, 5) is 18.3. The topological polar surface area (TPSA) is 55.6 Å². The molecule has 1 amide bonds. The van der Waals surface area contributed by atoms with E-state index >= 15 is 0 Å². The van der Waals surface area contributed by atoms with Crippen LogP contribution in [0.15, 0.2) is 78.3 Å². The van der Waals surface area contributed by atoms with Crippen molar-refractivity contribution in [1.29, 1.82) is 0 Å². The first kappa shape index (κ1) is 19.3. The molecule has 0 atom stereocenters. The van der Waals surface area contributed by atoms with Crippen molar-refractivity contribution in [3.8, 4) is 17.0 Å². The van der Waals surface area contributed by atoms with Crippen LogP contribution in [0, 0.1) is 0 Å². The molecule has 3 aromatic carbocycles. The zero-order valence-corrected chi connectivity index (χ0v) is 17.9. The highest BCUT2D eigenvalue weighted by Crippen LogP contribution is 2.26. The summed E-state index contributed by atoms with van der Waals surface area (Å²) >= 11 is 1.59. The molecule has 1 N–H and O–H groups in total. The first-order chi connectivity index (χ1) is 15.2. The van der Waals surface area contributed by atoms with Gasteiger partial charge in [-0.15, -0.1) is 11.3 Å². The van der Waals surface area contributed by atoms with Crippen molar-refractivity contribution < 1.29 is 9.53 Å². The molecule has 0 saturated heterocycles. The highest BCUT2D eigenvalue weighted by molar-refractivity contribution is 7.15. The summed E-state index contributed by atoms with van der Waals surface area (Å²) in [6.07, 6.45) is 3.09. The number of nitrogens with one attached hydrogen (secondary N) is 1. The van der Waals surface area contributed by atoms with Crippen LogP contribution in [0.2, 0.25) is 0 Å². The van der Waals surface area contributed by atoms with E-state index in [-0.39, 0.29) is 5.91 Å². The summed E-state index contributed by atoms with van der Waals surface area (Å²) in [6.45, 7) is 0. The van der Waals surface area contributed by atoms with Crippen LogP contribution in [-0.2, 0) is 11.2 Å². The number of benzene rings is 3. The Hall–Kier alpha value is -3.64. The summed E-state index contributed by atoms with van der Waals surface area (Å²) in [6, 6.07) is 21.9. The Morgan fingerprint density at radius 1 is 1.06 bits per heavy atom. The van der Waals surface area contributed by atoms with Crippen LogP contribution in [0.5, 0.6) is 5.75 Å². The van der Waals surface area contributed by atoms with Gasteiger partial charge in [0.1, 0.15) is 5.75 Å². The summed E-state index contributed by atoms with van der Waals surface area (Å²) < 4.78 is 7.31. The quantitative estimate of drug-likeness (QED) is 0.373. The van der Waals surface area contributed by atoms with Gasteiger partial charge in [0.15, 0.2) is 4.96 Å². The minimum Gasteiger partial charge on any atom is -0.497 e. The van der Waals surface area contributed by atoms with Gasteiger partial charge < -0.3 is 10.1 Å². The number of nitrogens with zero attached hydrogens (tertiary/aromatic N) is 2. The predicted octanol–water partition coefficient (Wildman–Crippen LogP) is 5.80. The molecular formula is C25H21N3O2S. The molecule has 0 aliphatic carbocycles. The number of hydrogen-bond donors (Lipinski definition) is 1. The minimum atomic E-state index is 0.00574. The van der Waals surface area contributed by atoms with E-state index < -0.39 is 0 Å². The molecular weight excluding hydrogens is 406 g/mol. The second-order valence-electron chi connectivity index (χ2n) is 7.31. The molecule has 0 bridgehead atoms. The average Bonchev–Trinajstić information content (AvgIpc) is 3.39. The average molecular weight is 428 g/mol. The Kier molecular flexibility index (Phi) is 5.14. The zero-order valence-electron chi connectivity index (χ0n) is 17.0. The van der Waals surface area contributed by atoms with Gasteiger partial charge in [-0.1, -0.05) is 36.4 Å². The third kappa shape index (κ3) is 3.90. The highest BCUT2D eigenvalue weighted by Gasteiger charge is 2.12. The van der Waals surface area contributed by atoms with Gasteiger partial charge >= 0.3 is 0 Å². The molecule has 0 saturated carbocycles. The van der Waals surface area contributed by atoms with Crippen molar-refractivity contribution in [2.24, 2.45) is 0 Å². The lowest BCUT2D eigenvalue weighted by Gasteiger charge is -2.08. The molecule has 0 fully saturated rings. The fraction of sp³-hybridized carbons (Fsp3) is 0.120. The number of carbonyl (C=O) groups is 1. The normalized spacial score (nSPS) is 11.1. The van der Waals surface area contributed by atoms with Crippen LogP contribution in [0.1, 0.15) is 12.1 Å². The molecule has 5 rings (SSSR count). The van der Waals surface area contributed by atoms with Gasteiger partial charge in [0.05, 0.1) is 12.8 Å². The van der Waals surface area contributed by atoms with Crippen molar-refractivity contribution in [2.45, 2.75) is 12.8 Å². The number of carbonyl (C=O) groups excluding carboxylic acids is 1. The predicted molar refractivity (Wildman–Crippen MR) is 126 cm³/mol. The molecule has 31 heavy (non-hydrogen) atoms. The van der Waals surface area contributed by atoms with Gasteiger partial charge in [0.2, 0.25) is 5.91 Å².